The summed E-state index contributed by atoms with van der Waals surface area (Å²) in [4.78, 5) is 14.4. The van der Waals surface area contributed by atoms with Crippen molar-refractivity contribution < 1.29 is 9.90 Å². The van der Waals surface area contributed by atoms with E-state index in [-0.39, 0.29) is 12.1 Å². The maximum absolute atomic E-state index is 12.0. The summed E-state index contributed by atoms with van der Waals surface area (Å²) in [6, 6.07) is -0.0401. The van der Waals surface area contributed by atoms with Crippen LogP contribution in [0, 0.1) is 11.8 Å². The largest absolute Gasteiger partial charge is 0.388 e. The normalized spacial score (nSPS) is 30.0. The van der Waals surface area contributed by atoms with E-state index in [1.54, 1.807) is 0 Å². The number of hydrogen-bond acceptors (Lipinski definition) is 3. The highest BCUT2D eigenvalue weighted by molar-refractivity contribution is 5.74. The molecule has 1 saturated heterocycles. The van der Waals surface area contributed by atoms with Gasteiger partial charge in [0.25, 0.3) is 0 Å². The molecule has 5 nitrogen and oxygen atoms in total. The Morgan fingerprint density at radius 3 is 2.45 bits per heavy atom. The molecule has 3 atom stereocenters. The van der Waals surface area contributed by atoms with Gasteiger partial charge in [-0.3, -0.25) is 0 Å². The van der Waals surface area contributed by atoms with Crippen molar-refractivity contribution in [3.63, 3.8) is 0 Å². The first-order valence-corrected chi connectivity index (χ1v) is 8.85. The van der Waals surface area contributed by atoms with Crippen LogP contribution in [0.5, 0.6) is 0 Å². The highest BCUT2D eigenvalue weighted by atomic mass is 16.3. The Labute approximate surface area is 134 Å². The average Bonchev–Trinajstić information content (AvgIpc) is 2.82. The third-order valence-corrected chi connectivity index (χ3v) is 4.97. The Balaban J connectivity index is 1.67. The lowest BCUT2D eigenvalue weighted by Gasteiger charge is -2.36. The van der Waals surface area contributed by atoms with Gasteiger partial charge in [0.1, 0.15) is 0 Å². The molecule has 0 spiro atoms. The first kappa shape index (κ1) is 17.5. The average molecular weight is 311 g/mol. The molecule has 2 amide bonds. The lowest BCUT2D eigenvalue weighted by atomic mass is 9.92. The number of likely N-dealkylation sites (tertiary alicyclic amines) is 1. The van der Waals surface area contributed by atoms with Crippen molar-refractivity contribution in [2.75, 3.05) is 26.2 Å². The lowest BCUT2D eigenvalue weighted by molar-refractivity contribution is 0.0499. The van der Waals surface area contributed by atoms with Crippen LogP contribution in [0.25, 0.3) is 0 Å². The van der Waals surface area contributed by atoms with Gasteiger partial charge in [-0.05, 0) is 38.0 Å². The Kier molecular flexibility index (Phi) is 6.09. The molecule has 0 aromatic rings. The van der Waals surface area contributed by atoms with Gasteiger partial charge >= 0.3 is 6.03 Å². The molecule has 0 radical (unpaired) electrons. The van der Waals surface area contributed by atoms with Crippen molar-refractivity contribution in [3.05, 3.63) is 0 Å². The van der Waals surface area contributed by atoms with Crippen molar-refractivity contribution in [1.82, 2.24) is 15.5 Å². The minimum atomic E-state index is -0.682. The fourth-order valence-electron chi connectivity index (χ4n) is 4.10. The molecular weight excluding hydrogens is 278 g/mol. The Hall–Kier alpha value is -0.810. The van der Waals surface area contributed by atoms with Crippen LogP contribution in [-0.2, 0) is 0 Å². The number of urea groups is 1. The number of rotatable bonds is 5. The van der Waals surface area contributed by atoms with Crippen LogP contribution in [0.2, 0.25) is 0 Å². The summed E-state index contributed by atoms with van der Waals surface area (Å²) >= 11 is 0. The van der Waals surface area contributed by atoms with Gasteiger partial charge in [0.05, 0.1) is 5.60 Å². The van der Waals surface area contributed by atoms with E-state index in [0.717, 1.165) is 57.2 Å². The zero-order valence-electron chi connectivity index (χ0n) is 14.4. The number of carbonyl (C=O) groups excluding carboxylic acids is 1. The summed E-state index contributed by atoms with van der Waals surface area (Å²) in [5.74, 6) is 1.47. The second-order valence-electron chi connectivity index (χ2n) is 7.82. The zero-order valence-corrected chi connectivity index (χ0v) is 14.4. The quantitative estimate of drug-likeness (QED) is 0.727. The van der Waals surface area contributed by atoms with Gasteiger partial charge in [0.15, 0.2) is 0 Å². The molecule has 0 bridgehead atoms. The topological polar surface area (TPSA) is 64.6 Å². The monoisotopic (exact) mass is 311 g/mol. The molecule has 1 saturated carbocycles. The van der Waals surface area contributed by atoms with Gasteiger partial charge in [-0.25, -0.2) is 4.79 Å². The molecule has 1 aliphatic carbocycles. The molecule has 1 aliphatic heterocycles. The Bertz CT molecular complexity index is 359. The highest BCUT2D eigenvalue weighted by Gasteiger charge is 2.31. The lowest BCUT2D eigenvalue weighted by Crippen LogP contribution is -2.51. The molecule has 128 valence electrons. The predicted octanol–water partition coefficient (Wildman–Crippen LogP) is 1.96. The number of nitrogens with zero attached hydrogens (tertiary/aromatic N) is 1. The number of piperidine rings is 1. The summed E-state index contributed by atoms with van der Waals surface area (Å²) in [6.07, 6.45) is 5.01. The number of amides is 2. The fraction of sp³-hybridized carbons (Fsp3) is 0.941. The van der Waals surface area contributed by atoms with E-state index in [0.29, 0.717) is 6.54 Å². The third kappa shape index (κ3) is 5.43. The molecule has 0 aromatic heterocycles. The molecule has 2 rings (SSSR count). The third-order valence-electron chi connectivity index (χ3n) is 4.97. The summed E-state index contributed by atoms with van der Waals surface area (Å²) in [7, 11) is 0. The van der Waals surface area contributed by atoms with E-state index in [1.165, 1.54) is 6.42 Å². The van der Waals surface area contributed by atoms with Crippen molar-refractivity contribution in [2.45, 2.75) is 64.5 Å². The van der Waals surface area contributed by atoms with Crippen molar-refractivity contribution in [2.24, 2.45) is 11.8 Å². The Morgan fingerprint density at radius 1 is 1.27 bits per heavy atom. The van der Waals surface area contributed by atoms with Crippen LogP contribution in [0.3, 0.4) is 0 Å². The number of aliphatic hydroxyl groups is 1. The standard InChI is InChI=1S/C17H33N3O2/c1-13-8-14(2)10-20(9-13)11-15(3)19-16(21)18-12-17(22)6-4-5-7-17/h13-15,22H,4-12H2,1-3H3,(H2,18,19,21). The molecule has 3 N–H and O–H groups in total. The van der Waals surface area contributed by atoms with Crippen LogP contribution < -0.4 is 10.6 Å². The molecule has 3 unspecified atom stereocenters. The smallest absolute Gasteiger partial charge is 0.315 e. The van der Waals surface area contributed by atoms with Crippen molar-refractivity contribution in [3.8, 4) is 0 Å². The van der Waals surface area contributed by atoms with E-state index in [1.807, 2.05) is 6.92 Å². The molecule has 2 fully saturated rings. The van der Waals surface area contributed by atoms with Crippen molar-refractivity contribution >= 4 is 6.03 Å². The minimum Gasteiger partial charge on any atom is -0.388 e. The van der Waals surface area contributed by atoms with Gasteiger partial charge in [-0.2, -0.15) is 0 Å². The second kappa shape index (κ2) is 7.64. The van der Waals surface area contributed by atoms with Gasteiger partial charge in [0.2, 0.25) is 0 Å². The molecule has 0 aromatic carbocycles. The van der Waals surface area contributed by atoms with Gasteiger partial charge in [-0.1, -0.05) is 26.7 Å². The minimum absolute atomic E-state index is 0.121. The number of hydrogen-bond donors (Lipinski definition) is 3. The van der Waals surface area contributed by atoms with E-state index in [9.17, 15) is 9.90 Å². The van der Waals surface area contributed by atoms with Crippen LogP contribution in [0.15, 0.2) is 0 Å². The predicted molar refractivity (Wildman–Crippen MR) is 88.8 cm³/mol. The first-order valence-electron chi connectivity index (χ1n) is 8.85. The summed E-state index contributed by atoms with van der Waals surface area (Å²) in [5, 5.41) is 16.1. The maximum Gasteiger partial charge on any atom is 0.315 e. The number of carbonyl (C=O) groups is 1. The van der Waals surface area contributed by atoms with Gasteiger partial charge < -0.3 is 20.6 Å². The van der Waals surface area contributed by atoms with E-state index < -0.39 is 5.60 Å². The molecular formula is C17H33N3O2. The van der Waals surface area contributed by atoms with Crippen LogP contribution in [0.4, 0.5) is 4.79 Å². The van der Waals surface area contributed by atoms with E-state index >= 15 is 0 Å². The molecule has 22 heavy (non-hydrogen) atoms. The van der Waals surface area contributed by atoms with Gasteiger partial charge in [0, 0.05) is 32.2 Å². The summed E-state index contributed by atoms with van der Waals surface area (Å²) < 4.78 is 0. The summed E-state index contributed by atoms with van der Waals surface area (Å²) in [6.45, 7) is 10.2. The maximum atomic E-state index is 12.0. The van der Waals surface area contributed by atoms with E-state index in [2.05, 4.69) is 29.4 Å². The number of nitrogens with one attached hydrogen (secondary N) is 2. The van der Waals surface area contributed by atoms with Crippen LogP contribution >= 0.6 is 0 Å². The van der Waals surface area contributed by atoms with Crippen molar-refractivity contribution in [1.29, 1.82) is 0 Å². The molecule has 5 heteroatoms. The summed E-state index contributed by atoms with van der Waals surface area (Å²) in [5.41, 5.74) is -0.682. The first-order chi connectivity index (χ1) is 10.4. The SMILES string of the molecule is CC1CC(C)CN(CC(C)NC(=O)NCC2(O)CCCC2)C1. The zero-order chi connectivity index (χ0) is 16.2. The highest BCUT2D eigenvalue weighted by Crippen LogP contribution is 2.28. The van der Waals surface area contributed by atoms with Gasteiger partial charge in [-0.15, -0.1) is 0 Å². The fourth-order valence-corrected chi connectivity index (χ4v) is 4.10. The molecule has 1 heterocycles. The molecule has 2 aliphatic rings. The Morgan fingerprint density at radius 2 is 1.86 bits per heavy atom. The second-order valence-corrected chi connectivity index (χ2v) is 7.82. The van der Waals surface area contributed by atoms with Crippen LogP contribution in [-0.4, -0.2) is 53.9 Å². The van der Waals surface area contributed by atoms with Crippen LogP contribution in [0.1, 0.15) is 52.9 Å². The van der Waals surface area contributed by atoms with E-state index in [4.69, 9.17) is 0 Å².